The van der Waals surface area contributed by atoms with Crippen LogP contribution in [0.15, 0.2) is 34.1 Å². The van der Waals surface area contributed by atoms with Crippen LogP contribution in [0.2, 0.25) is 0 Å². The van der Waals surface area contributed by atoms with Gasteiger partial charge in [0.1, 0.15) is 11.9 Å². The minimum atomic E-state index is -0.113. The molecule has 2 N–H and O–H groups in total. The summed E-state index contributed by atoms with van der Waals surface area (Å²) in [4.78, 5) is 1.14. The van der Waals surface area contributed by atoms with Crippen molar-refractivity contribution in [3.8, 4) is 5.75 Å². The SMILES string of the molecule is Cc1ccc(OC(c2ccc(Br)s2)C(C)N)cc1C. The van der Waals surface area contributed by atoms with Crippen molar-refractivity contribution in [1.82, 2.24) is 0 Å². The van der Waals surface area contributed by atoms with E-state index in [0.29, 0.717) is 0 Å². The van der Waals surface area contributed by atoms with Crippen LogP contribution in [0, 0.1) is 13.8 Å². The highest BCUT2D eigenvalue weighted by atomic mass is 79.9. The molecule has 2 nitrogen and oxygen atoms in total. The molecule has 0 bridgehead atoms. The van der Waals surface area contributed by atoms with Crippen molar-refractivity contribution in [3.05, 3.63) is 50.1 Å². The lowest BCUT2D eigenvalue weighted by Gasteiger charge is -2.22. The molecule has 0 aliphatic rings. The maximum Gasteiger partial charge on any atom is 0.148 e. The molecule has 0 saturated heterocycles. The molecule has 0 radical (unpaired) electrons. The minimum absolute atomic E-state index is 0.0628. The molecule has 2 aromatic rings. The van der Waals surface area contributed by atoms with Crippen LogP contribution in [0.1, 0.15) is 29.0 Å². The number of nitrogens with two attached hydrogens (primary N) is 1. The first kappa shape index (κ1) is 14.6. The maximum absolute atomic E-state index is 6.08. The fourth-order valence-corrected chi connectivity index (χ4v) is 3.41. The molecule has 0 amide bonds. The summed E-state index contributed by atoms with van der Waals surface area (Å²) >= 11 is 5.14. The molecule has 102 valence electrons. The van der Waals surface area contributed by atoms with Crippen LogP contribution in [-0.4, -0.2) is 6.04 Å². The summed E-state index contributed by atoms with van der Waals surface area (Å²) in [5.74, 6) is 0.870. The van der Waals surface area contributed by atoms with Gasteiger partial charge in [0.2, 0.25) is 0 Å². The molecule has 0 aliphatic heterocycles. The molecule has 2 unspecified atom stereocenters. The Kier molecular flexibility index (Phi) is 4.66. The van der Waals surface area contributed by atoms with E-state index in [2.05, 4.69) is 48.0 Å². The fourth-order valence-electron chi connectivity index (χ4n) is 1.84. The van der Waals surface area contributed by atoms with Gasteiger partial charge in [0.25, 0.3) is 0 Å². The molecule has 0 aliphatic carbocycles. The van der Waals surface area contributed by atoms with E-state index in [1.54, 1.807) is 11.3 Å². The second kappa shape index (κ2) is 6.07. The minimum Gasteiger partial charge on any atom is -0.483 e. The van der Waals surface area contributed by atoms with Gasteiger partial charge in [-0.2, -0.15) is 0 Å². The maximum atomic E-state index is 6.08. The van der Waals surface area contributed by atoms with E-state index in [4.69, 9.17) is 10.5 Å². The molecular weight excluding hydrogens is 322 g/mol. The Morgan fingerprint density at radius 2 is 1.89 bits per heavy atom. The normalized spacial score (nSPS) is 14.2. The van der Waals surface area contributed by atoms with Crippen LogP contribution in [0.25, 0.3) is 0 Å². The van der Waals surface area contributed by atoms with Gasteiger partial charge in [-0.1, -0.05) is 6.07 Å². The number of thiophene rings is 1. The highest BCUT2D eigenvalue weighted by molar-refractivity contribution is 9.11. The zero-order chi connectivity index (χ0) is 14.0. The fraction of sp³-hybridized carbons (Fsp3) is 0.333. The smallest absolute Gasteiger partial charge is 0.148 e. The summed E-state index contributed by atoms with van der Waals surface area (Å²) in [5.41, 5.74) is 8.56. The van der Waals surface area contributed by atoms with E-state index in [1.165, 1.54) is 11.1 Å². The summed E-state index contributed by atoms with van der Waals surface area (Å²) < 4.78 is 7.17. The van der Waals surface area contributed by atoms with E-state index in [-0.39, 0.29) is 12.1 Å². The Bertz CT molecular complexity index is 565. The molecule has 19 heavy (non-hydrogen) atoms. The van der Waals surface area contributed by atoms with E-state index in [0.717, 1.165) is 14.4 Å². The van der Waals surface area contributed by atoms with Crippen molar-refractivity contribution in [3.63, 3.8) is 0 Å². The van der Waals surface area contributed by atoms with Crippen LogP contribution < -0.4 is 10.5 Å². The summed E-state index contributed by atoms with van der Waals surface area (Å²) in [7, 11) is 0. The van der Waals surface area contributed by atoms with Crippen molar-refractivity contribution < 1.29 is 4.74 Å². The van der Waals surface area contributed by atoms with Gasteiger partial charge in [0.05, 0.1) is 3.79 Å². The number of benzene rings is 1. The highest BCUT2D eigenvalue weighted by Gasteiger charge is 2.20. The third-order valence-electron chi connectivity index (χ3n) is 3.09. The van der Waals surface area contributed by atoms with Gasteiger partial charge in [-0.05, 0) is 72.1 Å². The predicted molar refractivity (Wildman–Crippen MR) is 85.0 cm³/mol. The van der Waals surface area contributed by atoms with E-state index in [1.807, 2.05) is 19.1 Å². The third-order valence-corrected chi connectivity index (χ3v) is 4.78. The zero-order valence-electron chi connectivity index (χ0n) is 11.3. The molecule has 1 aromatic heterocycles. The first-order valence-corrected chi connectivity index (χ1v) is 7.83. The monoisotopic (exact) mass is 339 g/mol. The number of aryl methyl sites for hydroxylation is 2. The van der Waals surface area contributed by atoms with Crippen LogP contribution in [-0.2, 0) is 0 Å². The average Bonchev–Trinajstić information content (AvgIpc) is 2.76. The quantitative estimate of drug-likeness (QED) is 0.883. The molecule has 1 heterocycles. The molecule has 0 saturated carbocycles. The van der Waals surface area contributed by atoms with Gasteiger partial charge in [-0.3, -0.25) is 0 Å². The lowest BCUT2D eigenvalue weighted by atomic mass is 10.1. The lowest BCUT2D eigenvalue weighted by Crippen LogP contribution is -2.28. The Balaban J connectivity index is 2.23. The zero-order valence-corrected chi connectivity index (χ0v) is 13.7. The molecule has 0 spiro atoms. The molecular formula is C15H18BrNOS. The molecule has 2 rings (SSSR count). The van der Waals surface area contributed by atoms with E-state index in [9.17, 15) is 0 Å². The van der Waals surface area contributed by atoms with Crippen LogP contribution in [0.5, 0.6) is 5.75 Å². The summed E-state index contributed by atoms with van der Waals surface area (Å²) in [6.07, 6.45) is -0.113. The van der Waals surface area contributed by atoms with Gasteiger partial charge in [-0.25, -0.2) is 0 Å². The molecule has 0 fully saturated rings. The summed E-state index contributed by atoms with van der Waals surface area (Å²) in [5, 5.41) is 0. The van der Waals surface area contributed by atoms with Crippen LogP contribution in [0.4, 0.5) is 0 Å². The molecule has 1 aromatic carbocycles. The number of rotatable bonds is 4. The first-order chi connectivity index (χ1) is 8.97. The van der Waals surface area contributed by atoms with Crippen molar-refractivity contribution in [1.29, 1.82) is 0 Å². The highest BCUT2D eigenvalue weighted by Crippen LogP contribution is 2.32. The largest absolute Gasteiger partial charge is 0.483 e. The average molecular weight is 340 g/mol. The predicted octanol–water partition coefficient (Wildman–Crippen LogP) is 4.59. The Labute approximate surface area is 126 Å². The third kappa shape index (κ3) is 3.59. The molecule has 2 atom stereocenters. The second-order valence-corrected chi connectivity index (χ2v) is 7.28. The summed E-state index contributed by atoms with van der Waals surface area (Å²) in [6, 6.07) is 10.2. The Morgan fingerprint density at radius 3 is 2.42 bits per heavy atom. The van der Waals surface area contributed by atoms with Gasteiger partial charge >= 0.3 is 0 Å². The van der Waals surface area contributed by atoms with E-state index < -0.39 is 0 Å². The second-order valence-electron chi connectivity index (χ2n) is 4.79. The summed E-state index contributed by atoms with van der Waals surface area (Å²) in [6.45, 7) is 6.16. The topological polar surface area (TPSA) is 35.2 Å². The van der Waals surface area contributed by atoms with Gasteiger partial charge in [0, 0.05) is 10.9 Å². The first-order valence-electron chi connectivity index (χ1n) is 6.22. The Morgan fingerprint density at radius 1 is 1.16 bits per heavy atom. The number of hydrogen-bond donors (Lipinski definition) is 1. The van der Waals surface area contributed by atoms with Crippen LogP contribution in [0.3, 0.4) is 0 Å². The molecule has 4 heteroatoms. The van der Waals surface area contributed by atoms with Crippen molar-refractivity contribution in [2.45, 2.75) is 32.9 Å². The lowest BCUT2D eigenvalue weighted by molar-refractivity contribution is 0.184. The van der Waals surface area contributed by atoms with Gasteiger partial charge in [-0.15, -0.1) is 11.3 Å². The van der Waals surface area contributed by atoms with E-state index >= 15 is 0 Å². The number of ether oxygens (including phenoxy) is 1. The van der Waals surface area contributed by atoms with Crippen molar-refractivity contribution >= 4 is 27.3 Å². The Hall–Kier alpha value is -0.840. The van der Waals surface area contributed by atoms with Crippen LogP contribution >= 0.6 is 27.3 Å². The van der Waals surface area contributed by atoms with Crippen molar-refractivity contribution in [2.24, 2.45) is 5.73 Å². The number of halogens is 1. The van der Waals surface area contributed by atoms with Gasteiger partial charge < -0.3 is 10.5 Å². The standard InChI is InChI=1S/C15H18BrNOS/c1-9-4-5-12(8-10(9)2)18-15(11(3)17)13-6-7-14(16)19-13/h4-8,11,15H,17H2,1-3H3. The van der Waals surface area contributed by atoms with Crippen molar-refractivity contribution in [2.75, 3.05) is 0 Å². The number of hydrogen-bond acceptors (Lipinski definition) is 3. The van der Waals surface area contributed by atoms with Gasteiger partial charge in [0.15, 0.2) is 0 Å².